The van der Waals surface area contributed by atoms with Gasteiger partial charge in [-0.25, -0.2) is 0 Å². The Bertz CT molecular complexity index is 1260. The quantitative estimate of drug-likeness (QED) is 0.278. The number of hydrogen-bond acceptors (Lipinski definition) is 6. The maximum atomic E-state index is 13.4. The first-order valence-corrected chi connectivity index (χ1v) is 13.9. The molecule has 6 rings (SSSR count). The van der Waals surface area contributed by atoms with Gasteiger partial charge >= 0.3 is 0 Å². The van der Waals surface area contributed by atoms with Crippen molar-refractivity contribution in [2.75, 3.05) is 13.1 Å². The molecule has 1 saturated carbocycles. The van der Waals surface area contributed by atoms with Gasteiger partial charge in [0.15, 0.2) is 5.78 Å². The van der Waals surface area contributed by atoms with Crippen LogP contribution in [0.2, 0.25) is 4.34 Å². The van der Waals surface area contributed by atoms with Crippen molar-refractivity contribution in [3.05, 3.63) is 57.5 Å². The number of halogens is 1. The fraction of sp³-hybridized carbons (Fsp3) is 0.320. The first-order valence-electron chi connectivity index (χ1n) is 11.0. The van der Waals surface area contributed by atoms with Crippen LogP contribution in [-0.4, -0.2) is 29.8 Å². The number of carbonyl (C=O) groups excluding carboxylic acids is 1. The minimum atomic E-state index is -0.140. The predicted octanol–water partition coefficient (Wildman–Crippen LogP) is 8.03. The molecule has 1 saturated heterocycles. The van der Waals surface area contributed by atoms with Crippen LogP contribution in [0.5, 0.6) is 0 Å². The lowest BCUT2D eigenvalue weighted by Crippen LogP contribution is -2.36. The van der Waals surface area contributed by atoms with E-state index in [1.807, 2.05) is 12.1 Å². The number of carbonyl (C=O) groups is 1. The molecule has 2 fully saturated rings. The number of thiophene rings is 3. The molecule has 1 aliphatic heterocycles. The third-order valence-electron chi connectivity index (χ3n) is 6.66. The smallest absolute Gasteiger partial charge is 0.160 e. The summed E-state index contributed by atoms with van der Waals surface area (Å²) in [5, 5.41) is 4.27. The highest BCUT2D eigenvalue weighted by molar-refractivity contribution is 7.24. The van der Waals surface area contributed by atoms with Crippen LogP contribution in [0.4, 0.5) is 0 Å². The second-order valence-corrected chi connectivity index (χ2v) is 12.0. The number of rotatable bonds is 5. The van der Waals surface area contributed by atoms with E-state index in [2.05, 4.69) is 33.9 Å². The number of furan rings is 1. The maximum Gasteiger partial charge on any atom is 0.160 e. The number of nitrogens with zero attached hydrogens (tertiary/aromatic N) is 1. The van der Waals surface area contributed by atoms with Gasteiger partial charge in [-0.2, -0.15) is 0 Å². The molecule has 3 nitrogen and oxygen atoms in total. The van der Waals surface area contributed by atoms with Crippen LogP contribution >= 0.6 is 45.6 Å². The van der Waals surface area contributed by atoms with Gasteiger partial charge in [0.2, 0.25) is 0 Å². The van der Waals surface area contributed by atoms with Gasteiger partial charge in [0.25, 0.3) is 0 Å². The third-order valence-corrected chi connectivity index (χ3v) is 9.93. The summed E-state index contributed by atoms with van der Waals surface area (Å²) in [6, 6.07) is 10.5. The van der Waals surface area contributed by atoms with Crippen LogP contribution < -0.4 is 0 Å². The van der Waals surface area contributed by atoms with E-state index in [-0.39, 0.29) is 12.0 Å². The monoisotopic (exact) mass is 499 g/mol. The molecule has 0 radical (unpaired) electrons. The Hall–Kier alpha value is -1.70. The number of hydrogen-bond donors (Lipinski definition) is 0. The minimum Gasteiger partial charge on any atom is -0.468 e. The summed E-state index contributed by atoms with van der Waals surface area (Å²) in [5.74, 6) is 1.04. The van der Waals surface area contributed by atoms with Crippen LogP contribution in [0, 0.1) is 0 Å². The van der Waals surface area contributed by atoms with Gasteiger partial charge < -0.3 is 4.42 Å². The highest BCUT2D eigenvalue weighted by atomic mass is 35.5. The van der Waals surface area contributed by atoms with Crippen LogP contribution in [0.1, 0.15) is 37.4 Å². The normalized spacial score (nSPS) is 21.7. The molecule has 5 heterocycles. The number of Topliss-reactive ketones (excluding diaryl/α,β-unsaturated/α-hetero) is 1. The average Bonchev–Trinajstić information content (AvgIpc) is 3.60. The molecule has 4 aromatic rings. The molecule has 0 spiro atoms. The summed E-state index contributed by atoms with van der Waals surface area (Å²) in [6.45, 7) is 2.10. The zero-order valence-electron chi connectivity index (χ0n) is 17.4. The molecule has 1 aliphatic carbocycles. The van der Waals surface area contributed by atoms with Gasteiger partial charge in [-0.05, 0) is 79.9 Å². The van der Waals surface area contributed by atoms with Gasteiger partial charge in [-0.3, -0.25) is 9.69 Å². The highest BCUT2D eigenvalue weighted by Gasteiger charge is 2.41. The van der Waals surface area contributed by atoms with Crippen molar-refractivity contribution in [2.45, 2.75) is 37.6 Å². The topological polar surface area (TPSA) is 33.5 Å². The summed E-state index contributed by atoms with van der Waals surface area (Å²) in [5.41, 5.74) is 3.47. The van der Waals surface area contributed by atoms with E-state index >= 15 is 0 Å². The van der Waals surface area contributed by atoms with Crippen molar-refractivity contribution < 1.29 is 9.21 Å². The van der Waals surface area contributed by atoms with E-state index < -0.39 is 0 Å². The molecule has 0 N–H and O–H groups in total. The van der Waals surface area contributed by atoms with E-state index in [1.165, 1.54) is 38.6 Å². The zero-order valence-corrected chi connectivity index (χ0v) is 20.6. The first kappa shape index (κ1) is 20.9. The molecule has 2 unspecified atom stereocenters. The Morgan fingerprint density at radius 2 is 1.66 bits per heavy atom. The minimum absolute atomic E-state index is 0.0651. The Labute approximate surface area is 204 Å². The molecule has 0 amide bonds. The van der Waals surface area contributed by atoms with Gasteiger partial charge in [0.1, 0.15) is 5.76 Å². The summed E-state index contributed by atoms with van der Waals surface area (Å²) in [4.78, 5) is 19.3. The Morgan fingerprint density at radius 1 is 0.906 bits per heavy atom. The Balaban J connectivity index is 1.35. The predicted molar refractivity (Wildman–Crippen MR) is 135 cm³/mol. The molecule has 7 heteroatoms. The molecule has 2 aliphatic rings. The lowest BCUT2D eigenvalue weighted by molar-refractivity contribution is -0.123. The van der Waals surface area contributed by atoms with Gasteiger partial charge in [0, 0.05) is 26.4 Å². The first-order chi connectivity index (χ1) is 15.7. The molecule has 164 valence electrons. The molecular formula is C25H22ClNO2S3. The zero-order chi connectivity index (χ0) is 21.7. The van der Waals surface area contributed by atoms with Crippen molar-refractivity contribution in [1.82, 2.24) is 4.90 Å². The number of likely N-dealkylation sites (tertiary alicyclic amines) is 1. The molecule has 0 aromatic carbocycles. The second kappa shape index (κ2) is 8.58. The average molecular weight is 500 g/mol. The van der Waals surface area contributed by atoms with E-state index in [0.29, 0.717) is 5.78 Å². The summed E-state index contributed by atoms with van der Waals surface area (Å²) in [7, 11) is 0. The molecule has 4 aromatic heterocycles. The SMILES string of the molecule is O=C1C(c2occc2-c2sccc2-c2ccsc2-c2ccc(Cl)s2)CCC1N1CCCC1. The summed E-state index contributed by atoms with van der Waals surface area (Å²) in [6.07, 6.45) is 5.97. The van der Waals surface area contributed by atoms with Gasteiger partial charge in [-0.1, -0.05) is 11.6 Å². The Morgan fingerprint density at radius 3 is 2.41 bits per heavy atom. The van der Waals surface area contributed by atoms with E-state index in [1.54, 1.807) is 40.3 Å². The van der Waals surface area contributed by atoms with Gasteiger partial charge in [-0.15, -0.1) is 34.0 Å². The Kier molecular flexibility index (Phi) is 5.60. The number of ketones is 1. The van der Waals surface area contributed by atoms with E-state index in [9.17, 15) is 4.79 Å². The van der Waals surface area contributed by atoms with Crippen LogP contribution in [0.25, 0.3) is 31.3 Å². The summed E-state index contributed by atoms with van der Waals surface area (Å²) >= 11 is 11.3. The van der Waals surface area contributed by atoms with E-state index in [0.717, 1.165) is 41.6 Å². The van der Waals surface area contributed by atoms with Crippen molar-refractivity contribution in [3.63, 3.8) is 0 Å². The van der Waals surface area contributed by atoms with Crippen molar-refractivity contribution >= 4 is 51.4 Å². The van der Waals surface area contributed by atoms with E-state index in [4.69, 9.17) is 16.0 Å². The molecule has 32 heavy (non-hydrogen) atoms. The highest BCUT2D eigenvalue weighted by Crippen LogP contribution is 2.48. The molecule has 0 bridgehead atoms. The fourth-order valence-electron chi connectivity index (χ4n) is 5.17. The summed E-state index contributed by atoms with van der Waals surface area (Å²) < 4.78 is 6.80. The van der Waals surface area contributed by atoms with Gasteiger partial charge in [0.05, 0.1) is 27.4 Å². The largest absolute Gasteiger partial charge is 0.468 e. The molecule has 2 atom stereocenters. The lowest BCUT2D eigenvalue weighted by atomic mass is 9.96. The van der Waals surface area contributed by atoms with Crippen molar-refractivity contribution in [1.29, 1.82) is 0 Å². The van der Waals surface area contributed by atoms with Crippen molar-refractivity contribution in [2.24, 2.45) is 0 Å². The standard InChI is InChI=1S/C25H22ClNO2S3/c26-21-6-5-20(32-21)25-16(9-14-31-25)15-8-13-30-24(15)18-7-12-29-23(18)17-3-4-19(22(17)28)27-10-1-2-11-27/h5-9,12-14,17,19H,1-4,10-11H2. The second-order valence-electron chi connectivity index (χ2n) is 8.42. The molecular weight excluding hydrogens is 478 g/mol. The van der Waals surface area contributed by atoms with Crippen molar-refractivity contribution in [3.8, 4) is 31.3 Å². The van der Waals surface area contributed by atoms with Crippen LogP contribution in [-0.2, 0) is 4.79 Å². The maximum absolute atomic E-state index is 13.4. The van der Waals surface area contributed by atoms with Crippen LogP contribution in [0.3, 0.4) is 0 Å². The fourth-order valence-corrected chi connectivity index (χ4v) is 8.21. The van der Waals surface area contributed by atoms with Crippen LogP contribution in [0.15, 0.2) is 51.8 Å². The lowest BCUT2D eigenvalue weighted by Gasteiger charge is -2.21. The third kappa shape index (κ3) is 3.53.